The number of fused-ring (bicyclic) bond motifs is 1. The van der Waals surface area contributed by atoms with E-state index in [1.807, 2.05) is 30.3 Å². The third-order valence-electron chi connectivity index (χ3n) is 2.62. The Morgan fingerprint density at radius 1 is 1.35 bits per heavy atom. The van der Waals surface area contributed by atoms with E-state index >= 15 is 0 Å². The topological polar surface area (TPSA) is 33.0 Å². The highest BCUT2D eigenvalue weighted by Gasteiger charge is 2.06. The standard InChI is InChI=1S/C14H10INO/c1-9(8-16)10-3-5-12-11(7-10)4-6-13(17-2)14(12)15/h3-7H,1H2,2H3. The molecule has 0 spiro atoms. The Labute approximate surface area is 114 Å². The van der Waals surface area contributed by atoms with Gasteiger partial charge in [-0.15, -0.1) is 0 Å². The van der Waals surface area contributed by atoms with Gasteiger partial charge in [-0.2, -0.15) is 5.26 Å². The lowest BCUT2D eigenvalue weighted by atomic mass is 10.0. The second-order valence-corrected chi connectivity index (χ2v) is 4.69. The predicted octanol–water partition coefficient (Wildman–Crippen LogP) is 3.99. The molecule has 2 nitrogen and oxygen atoms in total. The Kier molecular flexibility index (Phi) is 3.34. The molecule has 0 unspecified atom stereocenters. The third kappa shape index (κ3) is 2.13. The van der Waals surface area contributed by atoms with Crippen LogP contribution in [0.5, 0.6) is 5.75 Å². The van der Waals surface area contributed by atoms with Crippen LogP contribution >= 0.6 is 22.6 Å². The van der Waals surface area contributed by atoms with Crippen LogP contribution in [0.3, 0.4) is 0 Å². The molecule has 0 aliphatic carbocycles. The maximum absolute atomic E-state index is 8.83. The molecule has 0 aliphatic rings. The fourth-order valence-electron chi connectivity index (χ4n) is 1.68. The van der Waals surface area contributed by atoms with E-state index < -0.39 is 0 Å². The molecule has 0 bridgehead atoms. The van der Waals surface area contributed by atoms with Crippen molar-refractivity contribution >= 4 is 38.9 Å². The number of halogens is 1. The summed E-state index contributed by atoms with van der Waals surface area (Å²) in [5.41, 5.74) is 1.35. The van der Waals surface area contributed by atoms with Gasteiger partial charge >= 0.3 is 0 Å². The van der Waals surface area contributed by atoms with E-state index in [0.29, 0.717) is 5.57 Å². The van der Waals surface area contributed by atoms with Crippen molar-refractivity contribution in [1.82, 2.24) is 0 Å². The summed E-state index contributed by atoms with van der Waals surface area (Å²) < 4.78 is 6.35. The van der Waals surface area contributed by atoms with Gasteiger partial charge in [-0.05, 0) is 51.1 Å². The highest BCUT2D eigenvalue weighted by molar-refractivity contribution is 14.1. The summed E-state index contributed by atoms with van der Waals surface area (Å²) in [4.78, 5) is 0. The van der Waals surface area contributed by atoms with Crippen LogP contribution in [-0.4, -0.2) is 7.11 Å². The molecule has 0 heterocycles. The van der Waals surface area contributed by atoms with Crippen molar-refractivity contribution in [1.29, 1.82) is 5.26 Å². The van der Waals surface area contributed by atoms with Crippen LogP contribution in [0.25, 0.3) is 16.3 Å². The van der Waals surface area contributed by atoms with E-state index in [1.54, 1.807) is 7.11 Å². The van der Waals surface area contributed by atoms with Gasteiger partial charge in [0.2, 0.25) is 0 Å². The van der Waals surface area contributed by atoms with Crippen molar-refractivity contribution in [3.63, 3.8) is 0 Å². The quantitative estimate of drug-likeness (QED) is 0.614. The molecule has 3 heteroatoms. The highest BCUT2D eigenvalue weighted by atomic mass is 127. The fourth-order valence-corrected chi connectivity index (χ4v) is 2.57. The van der Waals surface area contributed by atoms with E-state index in [-0.39, 0.29) is 0 Å². The van der Waals surface area contributed by atoms with Crippen LogP contribution in [0.2, 0.25) is 0 Å². The molecule has 0 aliphatic heterocycles. The Balaban J connectivity index is 2.66. The first-order valence-electron chi connectivity index (χ1n) is 5.03. The molecule has 17 heavy (non-hydrogen) atoms. The molecular formula is C14H10INO. The van der Waals surface area contributed by atoms with Crippen LogP contribution in [-0.2, 0) is 0 Å². The molecule has 84 valence electrons. The summed E-state index contributed by atoms with van der Waals surface area (Å²) in [5.74, 6) is 0.866. The molecule has 0 radical (unpaired) electrons. The Bertz CT molecular complexity index is 640. The summed E-state index contributed by atoms with van der Waals surface area (Å²) in [6.07, 6.45) is 0. The molecule has 0 atom stereocenters. The van der Waals surface area contributed by atoms with E-state index in [1.165, 1.54) is 0 Å². The lowest BCUT2D eigenvalue weighted by Gasteiger charge is -2.08. The van der Waals surface area contributed by atoms with Gasteiger partial charge in [-0.3, -0.25) is 0 Å². The Morgan fingerprint density at radius 2 is 2.12 bits per heavy atom. The fraction of sp³-hybridized carbons (Fsp3) is 0.0714. The number of ether oxygens (including phenoxy) is 1. The zero-order chi connectivity index (χ0) is 12.4. The minimum atomic E-state index is 0.484. The zero-order valence-electron chi connectivity index (χ0n) is 9.33. The van der Waals surface area contributed by atoms with E-state index in [4.69, 9.17) is 10.00 Å². The van der Waals surface area contributed by atoms with Gasteiger partial charge in [0, 0.05) is 0 Å². The number of nitrogens with zero attached hydrogens (tertiary/aromatic N) is 1. The molecule has 2 aromatic carbocycles. The number of allylic oxidation sites excluding steroid dienone is 1. The average Bonchev–Trinajstić information content (AvgIpc) is 2.38. The summed E-state index contributed by atoms with van der Waals surface area (Å²) in [7, 11) is 1.66. The molecule has 0 amide bonds. The average molecular weight is 335 g/mol. The number of hydrogen-bond donors (Lipinski definition) is 0. The van der Waals surface area contributed by atoms with Gasteiger partial charge in [-0.1, -0.05) is 24.8 Å². The summed E-state index contributed by atoms with van der Waals surface area (Å²) >= 11 is 2.26. The van der Waals surface area contributed by atoms with Crippen LogP contribution in [0.15, 0.2) is 36.9 Å². The van der Waals surface area contributed by atoms with Gasteiger partial charge < -0.3 is 4.74 Å². The van der Waals surface area contributed by atoms with Crippen molar-refractivity contribution in [3.8, 4) is 11.8 Å². The Hall–Kier alpha value is -1.54. The maximum Gasteiger partial charge on any atom is 0.132 e. The zero-order valence-corrected chi connectivity index (χ0v) is 11.5. The van der Waals surface area contributed by atoms with Crippen molar-refractivity contribution in [3.05, 3.63) is 46.0 Å². The van der Waals surface area contributed by atoms with Gasteiger partial charge in [0.25, 0.3) is 0 Å². The minimum absolute atomic E-state index is 0.484. The van der Waals surface area contributed by atoms with Crippen molar-refractivity contribution in [2.24, 2.45) is 0 Å². The van der Waals surface area contributed by atoms with E-state index in [2.05, 4.69) is 35.2 Å². The maximum atomic E-state index is 8.83. The number of benzene rings is 2. The summed E-state index contributed by atoms with van der Waals surface area (Å²) in [6, 6.07) is 11.9. The Morgan fingerprint density at radius 3 is 2.76 bits per heavy atom. The van der Waals surface area contributed by atoms with E-state index in [0.717, 1.165) is 25.7 Å². The van der Waals surface area contributed by atoms with Gasteiger partial charge in [0.15, 0.2) is 0 Å². The van der Waals surface area contributed by atoms with Crippen LogP contribution in [0.1, 0.15) is 5.56 Å². The molecule has 2 aromatic rings. The SMILES string of the molecule is C=C(C#N)c1ccc2c(I)c(OC)ccc2c1. The second-order valence-electron chi connectivity index (χ2n) is 3.61. The number of rotatable bonds is 2. The van der Waals surface area contributed by atoms with Crippen molar-refractivity contribution < 1.29 is 4.74 Å². The predicted molar refractivity (Wildman–Crippen MR) is 77.9 cm³/mol. The molecule has 2 rings (SSSR count). The molecule has 0 N–H and O–H groups in total. The third-order valence-corrected chi connectivity index (χ3v) is 3.73. The minimum Gasteiger partial charge on any atom is -0.496 e. The normalized spacial score (nSPS) is 9.94. The lowest BCUT2D eigenvalue weighted by molar-refractivity contribution is 0.412. The van der Waals surface area contributed by atoms with Crippen molar-refractivity contribution in [2.75, 3.05) is 7.11 Å². The molecule has 0 aromatic heterocycles. The first-order chi connectivity index (χ1) is 8.17. The summed E-state index contributed by atoms with van der Waals surface area (Å²) in [6.45, 7) is 3.72. The molecule has 0 saturated heterocycles. The van der Waals surface area contributed by atoms with Gasteiger partial charge in [0.05, 0.1) is 22.3 Å². The number of methoxy groups -OCH3 is 1. The number of hydrogen-bond acceptors (Lipinski definition) is 2. The highest BCUT2D eigenvalue weighted by Crippen LogP contribution is 2.30. The van der Waals surface area contributed by atoms with Crippen molar-refractivity contribution in [2.45, 2.75) is 0 Å². The molecule has 0 saturated carbocycles. The van der Waals surface area contributed by atoms with E-state index in [9.17, 15) is 0 Å². The summed E-state index contributed by atoms with van der Waals surface area (Å²) in [5, 5.41) is 11.0. The first kappa shape index (κ1) is 11.9. The lowest BCUT2D eigenvalue weighted by Crippen LogP contribution is -1.89. The van der Waals surface area contributed by atoms with Gasteiger partial charge in [0.1, 0.15) is 5.75 Å². The number of nitriles is 1. The van der Waals surface area contributed by atoms with Crippen LogP contribution in [0, 0.1) is 14.9 Å². The van der Waals surface area contributed by atoms with Crippen LogP contribution < -0.4 is 4.74 Å². The smallest absolute Gasteiger partial charge is 0.132 e. The largest absolute Gasteiger partial charge is 0.496 e. The van der Waals surface area contributed by atoms with Crippen LogP contribution in [0.4, 0.5) is 0 Å². The first-order valence-corrected chi connectivity index (χ1v) is 6.11. The molecule has 0 fully saturated rings. The second kappa shape index (κ2) is 4.76. The molecular weight excluding hydrogens is 325 g/mol. The monoisotopic (exact) mass is 335 g/mol. The van der Waals surface area contributed by atoms with Gasteiger partial charge in [-0.25, -0.2) is 0 Å².